The van der Waals surface area contributed by atoms with Gasteiger partial charge in [0.25, 0.3) is 0 Å². The average Bonchev–Trinajstić information content (AvgIpc) is 2.98. The molecule has 0 atom stereocenters. The number of nitrogens with zero attached hydrogens (tertiary/aromatic N) is 1. The predicted octanol–water partition coefficient (Wildman–Crippen LogP) is 2.20. The van der Waals surface area contributed by atoms with Gasteiger partial charge in [-0.2, -0.15) is 0 Å². The third-order valence-corrected chi connectivity index (χ3v) is 2.97. The minimum atomic E-state index is -0.225. The standard InChI is InChI=1S/C10H10BrNO2/c11-8-2-1-5-12-9(8)14-7-10(6-13)3-4-10/h1-2,5-6H,3-4,7H2. The Morgan fingerprint density at radius 3 is 3.00 bits per heavy atom. The maximum absolute atomic E-state index is 10.7. The molecule has 1 saturated carbocycles. The Morgan fingerprint density at radius 1 is 1.64 bits per heavy atom. The van der Waals surface area contributed by atoms with Crippen molar-refractivity contribution in [2.45, 2.75) is 12.8 Å². The van der Waals surface area contributed by atoms with Gasteiger partial charge in [-0.3, -0.25) is 0 Å². The first-order chi connectivity index (χ1) is 6.76. The number of halogens is 1. The normalized spacial score (nSPS) is 17.5. The second-order valence-corrected chi connectivity index (χ2v) is 4.41. The average molecular weight is 256 g/mol. The lowest BCUT2D eigenvalue weighted by molar-refractivity contribution is -0.113. The molecule has 0 N–H and O–H groups in total. The first-order valence-corrected chi connectivity index (χ1v) is 5.25. The Bertz CT molecular complexity index is 350. The van der Waals surface area contributed by atoms with Gasteiger partial charge in [0.2, 0.25) is 5.88 Å². The van der Waals surface area contributed by atoms with Gasteiger partial charge in [0.1, 0.15) is 12.9 Å². The van der Waals surface area contributed by atoms with E-state index in [0.717, 1.165) is 23.6 Å². The molecule has 1 heterocycles. The third-order valence-electron chi connectivity index (χ3n) is 2.36. The second kappa shape index (κ2) is 3.69. The van der Waals surface area contributed by atoms with E-state index in [2.05, 4.69) is 20.9 Å². The fourth-order valence-corrected chi connectivity index (χ4v) is 1.52. The molecular formula is C10H10BrNO2. The van der Waals surface area contributed by atoms with E-state index in [1.54, 1.807) is 6.20 Å². The number of aldehydes is 1. The molecule has 1 aliphatic carbocycles. The van der Waals surface area contributed by atoms with Crippen LogP contribution in [0.5, 0.6) is 5.88 Å². The summed E-state index contributed by atoms with van der Waals surface area (Å²) in [5.74, 6) is 0.556. The zero-order valence-electron chi connectivity index (χ0n) is 7.57. The molecule has 0 amide bonds. The minimum absolute atomic E-state index is 0.225. The number of pyridine rings is 1. The molecule has 0 saturated heterocycles. The maximum Gasteiger partial charge on any atom is 0.227 e. The first kappa shape index (κ1) is 9.65. The van der Waals surface area contributed by atoms with Crippen molar-refractivity contribution in [2.75, 3.05) is 6.61 Å². The van der Waals surface area contributed by atoms with E-state index >= 15 is 0 Å². The molecule has 1 aromatic rings. The highest BCUT2D eigenvalue weighted by atomic mass is 79.9. The fraction of sp³-hybridized carbons (Fsp3) is 0.400. The number of hydrogen-bond acceptors (Lipinski definition) is 3. The predicted molar refractivity (Wildman–Crippen MR) is 55.2 cm³/mol. The van der Waals surface area contributed by atoms with Crippen LogP contribution in [-0.2, 0) is 4.79 Å². The van der Waals surface area contributed by atoms with Crippen LogP contribution in [0.3, 0.4) is 0 Å². The van der Waals surface area contributed by atoms with E-state index < -0.39 is 0 Å². The van der Waals surface area contributed by atoms with Crippen molar-refractivity contribution < 1.29 is 9.53 Å². The lowest BCUT2D eigenvalue weighted by Crippen LogP contribution is -2.14. The molecule has 1 aromatic heterocycles. The Hall–Kier alpha value is -0.900. The summed E-state index contributed by atoms with van der Waals surface area (Å²) in [6.45, 7) is 0.437. The summed E-state index contributed by atoms with van der Waals surface area (Å²) in [5, 5.41) is 0. The van der Waals surface area contributed by atoms with E-state index in [-0.39, 0.29) is 5.41 Å². The molecule has 0 spiro atoms. The Morgan fingerprint density at radius 2 is 2.43 bits per heavy atom. The summed E-state index contributed by atoms with van der Waals surface area (Å²) in [6, 6.07) is 3.69. The Balaban J connectivity index is 1.98. The summed E-state index contributed by atoms with van der Waals surface area (Å²) in [6.07, 6.45) is 4.52. The number of ether oxygens (including phenoxy) is 1. The summed E-state index contributed by atoms with van der Waals surface area (Å²) in [7, 11) is 0. The highest BCUT2D eigenvalue weighted by Crippen LogP contribution is 2.43. The van der Waals surface area contributed by atoms with Crippen LogP contribution in [0.4, 0.5) is 0 Å². The third kappa shape index (κ3) is 1.95. The van der Waals surface area contributed by atoms with Crippen LogP contribution in [0, 0.1) is 5.41 Å². The highest BCUT2D eigenvalue weighted by Gasteiger charge is 2.43. The number of rotatable bonds is 4. The molecule has 0 radical (unpaired) electrons. The quantitative estimate of drug-likeness (QED) is 0.775. The van der Waals surface area contributed by atoms with Gasteiger partial charge in [0, 0.05) is 6.20 Å². The van der Waals surface area contributed by atoms with Crippen molar-refractivity contribution in [3.63, 3.8) is 0 Å². The van der Waals surface area contributed by atoms with E-state index in [0.29, 0.717) is 12.5 Å². The molecule has 0 bridgehead atoms. The maximum atomic E-state index is 10.7. The molecular weight excluding hydrogens is 246 g/mol. The Labute approximate surface area is 90.6 Å². The molecule has 4 heteroatoms. The molecule has 0 aliphatic heterocycles. The second-order valence-electron chi connectivity index (χ2n) is 3.56. The van der Waals surface area contributed by atoms with E-state index in [4.69, 9.17) is 4.74 Å². The van der Waals surface area contributed by atoms with Crippen LogP contribution < -0.4 is 4.74 Å². The summed E-state index contributed by atoms with van der Waals surface area (Å²) in [5.41, 5.74) is -0.225. The van der Waals surface area contributed by atoms with Crippen molar-refractivity contribution in [3.05, 3.63) is 22.8 Å². The zero-order valence-corrected chi connectivity index (χ0v) is 9.16. The van der Waals surface area contributed by atoms with Gasteiger partial charge in [-0.15, -0.1) is 0 Å². The zero-order chi connectivity index (χ0) is 10.0. The van der Waals surface area contributed by atoms with Crippen LogP contribution in [0.2, 0.25) is 0 Å². The minimum Gasteiger partial charge on any atom is -0.476 e. The van der Waals surface area contributed by atoms with Crippen molar-refractivity contribution in [3.8, 4) is 5.88 Å². The molecule has 74 valence electrons. The smallest absolute Gasteiger partial charge is 0.227 e. The van der Waals surface area contributed by atoms with E-state index in [1.807, 2.05) is 12.1 Å². The van der Waals surface area contributed by atoms with Crippen LogP contribution in [-0.4, -0.2) is 17.9 Å². The molecule has 14 heavy (non-hydrogen) atoms. The molecule has 0 unspecified atom stereocenters. The molecule has 1 fully saturated rings. The van der Waals surface area contributed by atoms with E-state index in [9.17, 15) is 4.79 Å². The van der Waals surface area contributed by atoms with Gasteiger partial charge >= 0.3 is 0 Å². The number of carbonyl (C=O) groups excluding carboxylic acids is 1. The van der Waals surface area contributed by atoms with Crippen LogP contribution in [0.1, 0.15) is 12.8 Å². The van der Waals surface area contributed by atoms with Gasteiger partial charge in [-0.05, 0) is 40.9 Å². The van der Waals surface area contributed by atoms with Crippen molar-refractivity contribution >= 4 is 22.2 Å². The van der Waals surface area contributed by atoms with Crippen LogP contribution >= 0.6 is 15.9 Å². The summed E-state index contributed by atoms with van der Waals surface area (Å²) in [4.78, 5) is 14.7. The van der Waals surface area contributed by atoms with Crippen LogP contribution in [0.25, 0.3) is 0 Å². The van der Waals surface area contributed by atoms with Gasteiger partial charge in [-0.1, -0.05) is 0 Å². The summed E-state index contributed by atoms with van der Waals surface area (Å²) >= 11 is 3.33. The van der Waals surface area contributed by atoms with Gasteiger partial charge in [0.05, 0.1) is 9.89 Å². The van der Waals surface area contributed by atoms with Crippen LogP contribution in [0.15, 0.2) is 22.8 Å². The largest absolute Gasteiger partial charge is 0.476 e. The SMILES string of the molecule is O=CC1(COc2ncccc2Br)CC1. The lowest BCUT2D eigenvalue weighted by atomic mass is 10.1. The van der Waals surface area contributed by atoms with Gasteiger partial charge < -0.3 is 9.53 Å². The van der Waals surface area contributed by atoms with Gasteiger partial charge in [0.15, 0.2) is 0 Å². The monoisotopic (exact) mass is 255 g/mol. The number of carbonyl (C=O) groups is 1. The molecule has 0 aromatic carbocycles. The lowest BCUT2D eigenvalue weighted by Gasteiger charge is -2.09. The topological polar surface area (TPSA) is 39.2 Å². The number of hydrogen-bond donors (Lipinski definition) is 0. The molecule has 3 nitrogen and oxygen atoms in total. The molecule has 1 aliphatic rings. The highest BCUT2D eigenvalue weighted by molar-refractivity contribution is 9.10. The van der Waals surface area contributed by atoms with Crippen molar-refractivity contribution in [1.29, 1.82) is 0 Å². The molecule has 2 rings (SSSR count). The summed E-state index contributed by atoms with van der Waals surface area (Å²) < 4.78 is 6.29. The fourth-order valence-electron chi connectivity index (χ4n) is 1.15. The Kier molecular flexibility index (Phi) is 2.54. The number of aromatic nitrogens is 1. The van der Waals surface area contributed by atoms with Gasteiger partial charge in [-0.25, -0.2) is 4.98 Å². The first-order valence-electron chi connectivity index (χ1n) is 4.45. The van der Waals surface area contributed by atoms with Crippen molar-refractivity contribution in [1.82, 2.24) is 4.98 Å². The van der Waals surface area contributed by atoms with Crippen molar-refractivity contribution in [2.24, 2.45) is 5.41 Å². The van der Waals surface area contributed by atoms with E-state index in [1.165, 1.54) is 0 Å².